The van der Waals surface area contributed by atoms with Crippen molar-refractivity contribution in [3.05, 3.63) is 66.0 Å². The molecule has 1 aromatic heterocycles. The van der Waals surface area contributed by atoms with E-state index in [4.69, 9.17) is 0 Å². The number of hydrogen-bond acceptors (Lipinski definition) is 9. The van der Waals surface area contributed by atoms with E-state index in [0.29, 0.717) is 5.56 Å². The first-order valence-corrected chi connectivity index (χ1v) is 11.8. The second kappa shape index (κ2) is 8.98. The van der Waals surface area contributed by atoms with Crippen molar-refractivity contribution in [3.8, 4) is 0 Å². The molecule has 1 N–H and O–H groups in total. The summed E-state index contributed by atoms with van der Waals surface area (Å²) in [5.74, 6) is -1.65. The minimum atomic E-state index is -4.28. The number of nitrogens with one attached hydrogen (secondary N) is 1. The molecule has 0 spiro atoms. The van der Waals surface area contributed by atoms with Crippen LogP contribution < -0.4 is 10.3 Å². The van der Waals surface area contributed by atoms with E-state index in [9.17, 15) is 22.8 Å². The van der Waals surface area contributed by atoms with Gasteiger partial charge < -0.3 is 0 Å². The summed E-state index contributed by atoms with van der Waals surface area (Å²) in [5, 5.41) is 10.9. The maximum absolute atomic E-state index is 13.1. The number of amides is 1. The third kappa shape index (κ3) is 3.99. The molecular weight excluding hydrogens is 460 g/mol. The maximum atomic E-state index is 13.1. The lowest BCUT2D eigenvalue weighted by molar-refractivity contribution is -0.118. The number of rotatable bonds is 7. The Morgan fingerprint density at radius 2 is 1.71 bits per heavy atom. The van der Waals surface area contributed by atoms with Gasteiger partial charge in [-0.3, -0.25) is 23.9 Å². The maximum Gasteiger partial charge on any atom is 0.291 e. The number of hydrazone groups is 1. The van der Waals surface area contributed by atoms with Crippen LogP contribution in [-0.4, -0.2) is 52.2 Å². The number of Topliss-reactive ketones (excluding diaryl/α,β-unsaturated/α-hetero) is 1. The first-order chi connectivity index (χ1) is 16.3. The smallest absolute Gasteiger partial charge is 0.291 e. The Bertz CT molecular complexity index is 1430. The molecule has 2 heterocycles. The monoisotopic (exact) mass is 480 g/mol. The Morgan fingerprint density at radius 3 is 2.38 bits per heavy atom. The van der Waals surface area contributed by atoms with Crippen molar-refractivity contribution in [3.63, 3.8) is 0 Å². The van der Waals surface area contributed by atoms with Crippen LogP contribution in [0.15, 0.2) is 64.6 Å². The first-order valence-electron chi connectivity index (χ1n) is 10.3. The zero-order chi connectivity index (χ0) is 24.5. The lowest BCUT2D eigenvalue weighted by atomic mass is 10.1. The molecule has 0 fully saturated rings. The highest BCUT2D eigenvalue weighted by Gasteiger charge is 2.42. The molecule has 0 bridgehead atoms. The third-order valence-corrected chi connectivity index (χ3v) is 6.77. The number of aromatic nitrogens is 3. The van der Waals surface area contributed by atoms with E-state index in [1.807, 2.05) is 0 Å². The molecule has 0 unspecified atom stereocenters. The van der Waals surface area contributed by atoms with Crippen LogP contribution in [0.25, 0.3) is 0 Å². The highest BCUT2D eigenvalue weighted by molar-refractivity contribution is 8.08. The van der Waals surface area contributed by atoms with Gasteiger partial charge >= 0.3 is 0 Å². The molecule has 2 aromatic carbocycles. The van der Waals surface area contributed by atoms with Crippen LogP contribution in [0.4, 0.5) is 11.6 Å². The van der Waals surface area contributed by atoms with Crippen LogP contribution in [-0.2, 0) is 26.0 Å². The number of benzene rings is 2. The van der Waals surface area contributed by atoms with E-state index >= 15 is 0 Å². The molecule has 0 atom stereocenters. The highest BCUT2D eigenvalue weighted by Crippen LogP contribution is 2.32. The molecule has 34 heavy (non-hydrogen) atoms. The minimum absolute atomic E-state index is 0.0192. The fraction of sp³-hybridized carbons (Fsp3) is 0.182. The van der Waals surface area contributed by atoms with Crippen LogP contribution >= 0.6 is 0 Å². The van der Waals surface area contributed by atoms with Gasteiger partial charge in [0.15, 0.2) is 0 Å². The van der Waals surface area contributed by atoms with Gasteiger partial charge in [-0.05, 0) is 26.0 Å². The lowest BCUT2D eigenvalue weighted by Crippen LogP contribution is -2.47. The Labute approximate surface area is 195 Å². The summed E-state index contributed by atoms with van der Waals surface area (Å²) in [6.07, 6.45) is 0. The fourth-order valence-electron chi connectivity index (χ4n) is 3.51. The average Bonchev–Trinajstić information content (AvgIpc) is 3.24. The van der Waals surface area contributed by atoms with E-state index in [2.05, 4.69) is 20.7 Å². The predicted molar refractivity (Wildman–Crippen MR) is 123 cm³/mol. The minimum Gasteiger partial charge on any atom is -0.298 e. The molecule has 11 nitrogen and oxygen atoms in total. The Kier molecular flexibility index (Phi) is 6.07. The van der Waals surface area contributed by atoms with Crippen molar-refractivity contribution >= 4 is 44.0 Å². The van der Waals surface area contributed by atoms with Crippen molar-refractivity contribution in [2.45, 2.75) is 25.3 Å². The molecule has 0 aliphatic carbocycles. The van der Waals surface area contributed by atoms with Gasteiger partial charge in [-0.25, -0.2) is 13.8 Å². The van der Waals surface area contributed by atoms with Gasteiger partial charge in [0.25, 0.3) is 5.91 Å². The SMILES string of the molecule is CCn1c(NN=C2C(=O)N(CC(C)=O)c3ccccc3S2(=O)=O)nnc1C(=O)c1ccccc1. The Hall–Kier alpha value is -4.19. The van der Waals surface area contributed by atoms with Crippen LogP contribution in [0, 0.1) is 0 Å². The summed E-state index contributed by atoms with van der Waals surface area (Å²) in [7, 11) is -4.28. The first kappa shape index (κ1) is 23.0. The number of carbonyl (C=O) groups excluding carboxylic acids is 3. The van der Waals surface area contributed by atoms with E-state index in [1.54, 1.807) is 43.3 Å². The Balaban J connectivity index is 1.72. The number of para-hydroxylation sites is 1. The zero-order valence-electron chi connectivity index (χ0n) is 18.3. The summed E-state index contributed by atoms with van der Waals surface area (Å²) >= 11 is 0. The molecule has 174 valence electrons. The average molecular weight is 481 g/mol. The van der Waals surface area contributed by atoms with Crippen molar-refractivity contribution < 1.29 is 22.8 Å². The molecule has 12 heteroatoms. The number of anilines is 2. The number of carbonyl (C=O) groups is 3. The summed E-state index contributed by atoms with van der Waals surface area (Å²) in [6, 6.07) is 14.4. The second-order valence-corrected chi connectivity index (χ2v) is 9.21. The summed E-state index contributed by atoms with van der Waals surface area (Å²) in [5.41, 5.74) is 2.98. The highest BCUT2D eigenvalue weighted by atomic mass is 32.2. The molecule has 0 saturated heterocycles. The fourth-order valence-corrected chi connectivity index (χ4v) is 4.94. The van der Waals surface area contributed by atoms with E-state index in [0.717, 1.165) is 4.90 Å². The second-order valence-electron chi connectivity index (χ2n) is 7.38. The predicted octanol–water partition coefficient (Wildman–Crippen LogP) is 1.66. The molecule has 1 aliphatic rings. The van der Waals surface area contributed by atoms with Gasteiger partial charge in [-0.1, -0.05) is 42.5 Å². The third-order valence-electron chi connectivity index (χ3n) is 5.07. The van der Waals surface area contributed by atoms with Gasteiger partial charge in [0.2, 0.25) is 32.4 Å². The van der Waals surface area contributed by atoms with E-state index < -0.39 is 20.8 Å². The van der Waals surface area contributed by atoms with Crippen molar-refractivity contribution in [1.82, 2.24) is 14.8 Å². The van der Waals surface area contributed by atoms with Crippen molar-refractivity contribution in [2.24, 2.45) is 5.10 Å². The normalized spacial score (nSPS) is 15.8. The van der Waals surface area contributed by atoms with Crippen molar-refractivity contribution in [1.29, 1.82) is 0 Å². The van der Waals surface area contributed by atoms with Crippen LogP contribution in [0.5, 0.6) is 0 Å². The van der Waals surface area contributed by atoms with E-state index in [-0.39, 0.29) is 47.0 Å². The molecule has 0 radical (unpaired) electrons. The van der Waals surface area contributed by atoms with Gasteiger partial charge in [-0.15, -0.1) is 10.2 Å². The standard InChI is InChI=1S/C22H20N6O5S/c1-3-27-19(18(30)15-9-5-4-6-10-15)23-25-22(27)26-24-20-21(31)28(13-14(2)29)16-11-7-8-12-17(16)34(20,32)33/h4-12H,3,13H2,1-2H3,(H,25,26). The van der Waals surface area contributed by atoms with Crippen molar-refractivity contribution in [2.75, 3.05) is 16.9 Å². The van der Waals surface area contributed by atoms with Crippen LogP contribution in [0.3, 0.4) is 0 Å². The molecule has 0 saturated carbocycles. The number of nitrogens with zero attached hydrogens (tertiary/aromatic N) is 5. The molecular formula is C22H20N6O5S. The van der Waals surface area contributed by atoms with Gasteiger partial charge in [0.1, 0.15) is 5.78 Å². The number of fused-ring (bicyclic) bond motifs is 1. The number of sulfone groups is 1. The lowest BCUT2D eigenvalue weighted by Gasteiger charge is -2.28. The van der Waals surface area contributed by atoms with Gasteiger partial charge in [0, 0.05) is 12.1 Å². The van der Waals surface area contributed by atoms with E-state index in [1.165, 1.54) is 29.7 Å². The Morgan fingerprint density at radius 1 is 1.03 bits per heavy atom. The quantitative estimate of drug-likeness (QED) is 0.397. The largest absolute Gasteiger partial charge is 0.298 e. The summed E-state index contributed by atoms with van der Waals surface area (Å²) < 4.78 is 27.7. The molecule has 1 aliphatic heterocycles. The molecule has 1 amide bonds. The summed E-state index contributed by atoms with van der Waals surface area (Å²) in [6.45, 7) is 3.00. The molecule has 4 rings (SSSR count). The topological polar surface area (TPSA) is 144 Å². The van der Waals surface area contributed by atoms with Crippen LogP contribution in [0.2, 0.25) is 0 Å². The zero-order valence-corrected chi connectivity index (χ0v) is 19.1. The number of ketones is 2. The summed E-state index contributed by atoms with van der Waals surface area (Å²) in [4.78, 5) is 38.5. The molecule has 3 aromatic rings. The van der Waals surface area contributed by atoms with Gasteiger partial charge in [-0.2, -0.15) is 5.10 Å². The van der Waals surface area contributed by atoms with Crippen LogP contribution in [0.1, 0.15) is 30.0 Å². The van der Waals surface area contributed by atoms with Gasteiger partial charge in [0.05, 0.1) is 17.1 Å². The number of hydrogen-bond donors (Lipinski definition) is 1.